The molecule has 0 spiro atoms. The minimum Gasteiger partial charge on any atom is -0.497 e. The number of benzene rings is 2. The van der Waals surface area contributed by atoms with Gasteiger partial charge >= 0.3 is 5.97 Å². The zero-order valence-electron chi connectivity index (χ0n) is 14.2. The molecular formula is C18H17Cl2NO5. The number of nitrogens with one attached hydrogen (secondary N) is 1. The quantitative estimate of drug-likeness (QED) is 0.717. The maximum absolute atomic E-state index is 11.9. The van der Waals surface area contributed by atoms with Gasteiger partial charge in [-0.25, -0.2) is 4.79 Å². The van der Waals surface area contributed by atoms with Gasteiger partial charge in [0, 0.05) is 0 Å². The Morgan fingerprint density at radius 3 is 2.31 bits per heavy atom. The Kier molecular flexibility index (Phi) is 7.12. The van der Waals surface area contributed by atoms with E-state index in [0.717, 1.165) is 5.56 Å². The molecule has 1 N–H and O–H groups in total. The fraction of sp³-hybridized carbons (Fsp3) is 0.222. The molecule has 0 aliphatic carbocycles. The third-order valence-electron chi connectivity index (χ3n) is 3.33. The van der Waals surface area contributed by atoms with E-state index < -0.39 is 18.5 Å². The number of esters is 1. The number of anilines is 1. The van der Waals surface area contributed by atoms with Crippen molar-refractivity contribution in [1.29, 1.82) is 0 Å². The van der Waals surface area contributed by atoms with Gasteiger partial charge in [0.05, 0.1) is 22.8 Å². The second kappa shape index (κ2) is 9.31. The number of ether oxygens (including phenoxy) is 3. The highest BCUT2D eigenvalue weighted by Gasteiger charge is 2.14. The summed E-state index contributed by atoms with van der Waals surface area (Å²) in [5.41, 5.74) is 1.04. The fourth-order valence-corrected chi connectivity index (χ4v) is 2.41. The first kappa shape index (κ1) is 19.9. The number of rotatable bonds is 7. The zero-order chi connectivity index (χ0) is 19.1. The third-order valence-corrected chi connectivity index (χ3v) is 4.13. The largest absolute Gasteiger partial charge is 0.497 e. The topological polar surface area (TPSA) is 73.9 Å². The van der Waals surface area contributed by atoms with E-state index >= 15 is 0 Å². The fourth-order valence-electron chi connectivity index (χ4n) is 1.95. The van der Waals surface area contributed by atoms with Crippen molar-refractivity contribution < 1.29 is 23.8 Å². The molecule has 0 unspecified atom stereocenters. The van der Waals surface area contributed by atoms with Crippen molar-refractivity contribution >= 4 is 40.8 Å². The van der Waals surface area contributed by atoms with E-state index in [-0.39, 0.29) is 12.3 Å². The van der Waals surface area contributed by atoms with Crippen LogP contribution >= 0.6 is 23.2 Å². The molecule has 0 radical (unpaired) electrons. The van der Waals surface area contributed by atoms with Crippen LogP contribution in [0, 0.1) is 6.92 Å². The molecule has 2 aromatic carbocycles. The van der Waals surface area contributed by atoms with Crippen molar-refractivity contribution in [2.24, 2.45) is 0 Å². The van der Waals surface area contributed by atoms with Crippen molar-refractivity contribution in [3.8, 4) is 11.5 Å². The lowest BCUT2D eigenvalue weighted by Crippen LogP contribution is -2.24. The smallest absolute Gasteiger partial charge is 0.344 e. The van der Waals surface area contributed by atoms with Crippen LogP contribution in [-0.4, -0.2) is 32.2 Å². The van der Waals surface area contributed by atoms with Crippen molar-refractivity contribution in [3.05, 3.63) is 52.0 Å². The van der Waals surface area contributed by atoms with Crippen molar-refractivity contribution in [3.63, 3.8) is 0 Å². The van der Waals surface area contributed by atoms with Gasteiger partial charge < -0.3 is 19.5 Å². The van der Waals surface area contributed by atoms with Crippen LogP contribution in [0.25, 0.3) is 0 Å². The van der Waals surface area contributed by atoms with Crippen LogP contribution in [0.1, 0.15) is 5.56 Å². The molecule has 0 saturated carbocycles. The first-order chi connectivity index (χ1) is 12.4. The van der Waals surface area contributed by atoms with Gasteiger partial charge in [-0.15, -0.1) is 0 Å². The minimum atomic E-state index is -0.683. The Morgan fingerprint density at radius 1 is 1.00 bits per heavy atom. The van der Waals surface area contributed by atoms with Gasteiger partial charge in [0.25, 0.3) is 5.91 Å². The molecule has 26 heavy (non-hydrogen) atoms. The second-order valence-corrected chi connectivity index (χ2v) is 6.01. The van der Waals surface area contributed by atoms with Crippen molar-refractivity contribution in [1.82, 2.24) is 0 Å². The average molecular weight is 398 g/mol. The molecular weight excluding hydrogens is 381 g/mol. The molecule has 6 nitrogen and oxygen atoms in total. The third kappa shape index (κ3) is 5.54. The monoisotopic (exact) mass is 397 g/mol. The van der Waals surface area contributed by atoms with Crippen LogP contribution in [0.4, 0.5) is 5.69 Å². The minimum absolute atomic E-state index is 0.281. The molecule has 0 aliphatic rings. The Balaban J connectivity index is 1.80. The number of carbonyl (C=O) groups excluding carboxylic acids is 2. The van der Waals surface area contributed by atoms with Crippen LogP contribution in [0.15, 0.2) is 36.4 Å². The van der Waals surface area contributed by atoms with E-state index in [0.29, 0.717) is 21.5 Å². The molecule has 2 aromatic rings. The van der Waals surface area contributed by atoms with Gasteiger partial charge in [0.2, 0.25) is 0 Å². The van der Waals surface area contributed by atoms with Gasteiger partial charge in [-0.05, 0) is 42.8 Å². The standard InChI is InChI=1S/C18H17Cl2NO5/c1-11-3-8-14(19)18(17(11)20)21-15(22)9-26-16(23)10-25-13-6-4-12(24-2)5-7-13/h3-8H,9-10H2,1-2H3,(H,21,22). The Hall–Kier alpha value is -2.44. The summed E-state index contributed by atoms with van der Waals surface area (Å²) in [5.74, 6) is -0.0924. The van der Waals surface area contributed by atoms with Crippen LogP contribution in [0.3, 0.4) is 0 Å². The summed E-state index contributed by atoms with van der Waals surface area (Å²) in [6.07, 6.45) is 0. The summed E-state index contributed by atoms with van der Waals surface area (Å²) in [6, 6.07) is 10.1. The highest BCUT2D eigenvalue weighted by atomic mass is 35.5. The van der Waals surface area contributed by atoms with Crippen molar-refractivity contribution in [2.75, 3.05) is 25.6 Å². The number of hydrogen-bond acceptors (Lipinski definition) is 5. The SMILES string of the molecule is COc1ccc(OCC(=O)OCC(=O)Nc2c(Cl)ccc(C)c2Cl)cc1. The molecule has 0 aromatic heterocycles. The molecule has 0 atom stereocenters. The van der Waals surface area contributed by atoms with E-state index in [9.17, 15) is 9.59 Å². The van der Waals surface area contributed by atoms with Crippen molar-refractivity contribution in [2.45, 2.75) is 6.92 Å². The van der Waals surface area contributed by atoms with E-state index in [1.165, 1.54) is 0 Å². The summed E-state index contributed by atoms with van der Waals surface area (Å²) < 4.78 is 15.2. The summed E-state index contributed by atoms with van der Waals surface area (Å²) in [7, 11) is 1.55. The molecule has 0 saturated heterocycles. The molecule has 1 amide bonds. The second-order valence-electron chi connectivity index (χ2n) is 5.23. The Labute approximate surface area is 160 Å². The molecule has 0 fully saturated rings. The summed E-state index contributed by atoms with van der Waals surface area (Å²) in [5, 5.41) is 3.15. The molecule has 0 aliphatic heterocycles. The molecule has 0 bridgehead atoms. The van der Waals surface area contributed by atoms with Crippen LogP contribution in [0.2, 0.25) is 10.0 Å². The highest BCUT2D eigenvalue weighted by molar-refractivity contribution is 6.40. The predicted octanol–water partition coefficient (Wildman–Crippen LogP) is 3.87. The van der Waals surface area contributed by atoms with Gasteiger partial charge in [0.1, 0.15) is 11.5 Å². The van der Waals surface area contributed by atoms with E-state index in [4.69, 9.17) is 37.4 Å². The predicted molar refractivity (Wildman–Crippen MR) is 99.3 cm³/mol. The Morgan fingerprint density at radius 2 is 1.65 bits per heavy atom. The maximum atomic E-state index is 11.9. The lowest BCUT2D eigenvalue weighted by atomic mass is 10.2. The molecule has 2 rings (SSSR count). The number of hydrogen-bond donors (Lipinski definition) is 1. The summed E-state index contributed by atoms with van der Waals surface area (Å²) >= 11 is 12.1. The molecule has 8 heteroatoms. The average Bonchev–Trinajstić information content (AvgIpc) is 2.65. The van der Waals surface area contributed by atoms with Crippen LogP contribution < -0.4 is 14.8 Å². The lowest BCUT2D eigenvalue weighted by molar-refractivity contribution is -0.149. The van der Waals surface area contributed by atoms with E-state index in [1.807, 2.05) is 0 Å². The molecule has 0 heterocycles. The van der Waals surface area contributed by atoms with Crippen LogP contribution in [0.5, 0.6) is 11.5 Å². The number of amides is 1. The van der Waals surface area contributed by atoms with Gasteiger partial charge in [-0.3, -0.25) is 4.79 Å². The first-order valence-electron chi connectivity index (χ1n) is 7.57. The number of aryl methyl sites for hydroxylation is 1. The molecule has 138 valence electrons. The summed E-state index contributed by atoms with van der Waals surface area (Å²) in [6.45, 7) is 0.974. The number of halogens is 2. The zero-order valence-corrected chi connectivity index (χ0v) is 15.7. The van der Waals surface area contributed by atoms with Crippen LogP contribution in [-0.2, 0) is 14.3 Å². The number of carbonyl (C=O) groups is 2. The lowest BCUT2D eigenvalue weighted by Gasteiger charge is -2.11. The van der Waals surface area contributed by atoms with Gasteiger partial charge in [-0.2, -0.15) is 0 Å². The highest BCUT2D eigenvalue weighted by Crippen LogP contribution is 2.32. The maximum Gasteiger partial charge on any atom is 0.344 e. The van der Waals surface area contributed by atoms with E-state index in [1.54, 1.807) is 50.4 Å². The summed E-state index contributed by atoms with van der Waals surface area (Å²) in [4.78, 5) is 23.6. The number of methoxy groups -OCH3 is 1. The Bertz CT molecular complexity index is 793. The first-order valence-corrected chi connectivity index (χ1v) is 8.33. The van der Waals surface area contributed by atoms with E-state index in [2.05, 4.69) is 5.32 Å². The van der Waals surface area contributed by atoms with Gasteiger partial charge in [-0.1, -0.05) is 29.3 Å². The van der Waals surface area contributed by atoms with Gasteiger partial charge in [0.15, 0.2) is 13.2 Å². The normalized spacial score (nSPS) is 10.2.